The van der Waals surface area contributed by atoms with E-state index in [4.69, 9.17) is 5.11 Å². The second-order valence-electron chi connectivity index (χ2n) is 5.54. The van der Waals surface area contributed by atoms with Crippen LogP contribution >= 0.6 is 0 Å². The molecule has 0 aliphatic carbocycles. The third-order valence-electron chi connectivity index (χ3n) is 3.01. The summed E-state index contributed by atoms with van der Waals surface area (Å²) in [5, 5.41) is 16.5. The lowest BCUT2D eigenvalue weighted by Crippen LogP contribution is -2.31. The molecule has 0 fully saturated rings. The van der Waals surface area contributed by atoms with Crippen LogP contribution in [-0.4, -0.2) is 35.6 Å². The number of benzene rings is 1. The first kappa shape index (κ1) is 18.5. The molecule has 0 spiro atoms. The average molecular weight is 321 g/mol. The Morgan fingerprint density at radius 3 is 2.52 bits per heavy atom. The van der Waals surface area contributed by atoms with Gasteiger partial charge in [-0.15, -0.1) is 0 Å². The lowest BCUT2D eigenvalue weighted by molar-refractivity contribution is -0.137. The monoisotopic (exact) mass is 321 g/mol. The fourth-order valence-electron chi connectivity index (χ4n) is 1.90. The molecule has 0 atom stereocenters. The van der Waals surface area contributed by atoms with Crippen LogP contribution in [0.5, 0.6) is 0 Å². The van der Waals surface area contributed by atoms with Crippen molar-refractivity contribution < 1.29 is 19.5 Å². The smallest absolute Gasteiger partial charge is 0.319 e. The summed E-state index contributed by atoms with van der Waals surface area (Å²) in [6, 6.07) is 4.67. The molecule has 0 saturated heterocycles. The fourth-order valence-corrected chi connectivity index (χ4v) is 1.90. The Bertz CT molecular complexity index is 585. The molecule has 0 unspecified atom stereocenters. The Morgan fingerprint density at radius 1 is 1.22 bits per heavy atom. The van der Waals surface area contributed by atoms with Gasteiger partial charge in [-0.2, -0.15) is 0 Å². The summed E-state index contributed by atoms with van der Waals surface area (Å²) in [6.45, 7) is 5.84. The summed E-state index contributed by atoms with van der Waals surface area (Å²) in [4.78, 5) is 34.2. The summed E-state index contributed by atoms with van der Waals surface area (Å²) in [5.41, 5.74) is 1.82. The van der Waals surface area contributed by atoms with E-state index in [9.17, 15) is 14.4 Å². The SMILES string of the molecule is Cc1ccc(NC(=O)NCCCC(=O)O)cc1C(=O)NC(C)C. The first-order valence-corrected chi connectivity index (χ1v) is 7.47. The van der Waals surface area contributed by atoms with Gasteiger partial charge < -0.3 is 21.1 Å². The lowest BCUT2D eigenvalue weighted by atomic mass is 10.1. The molecule has 1 aromatic rings. The molecular weight excluding hydrogens is 298 g/mol. The number of amides is 3. The van der Waals surface area contributed by atoms with Crippen LogP contribution in [0.3, 0.4) is 0 Å². The molecule has 0 radical (unpaired) electrons. The number of nitrogens with one attached hydrogen (secondary N) is 3. The third kappa shape index (κ3) is 6.82. The number of urea groups is 1. The van der Waals surface area contributed by atoms with E-state index in [0.717, 1.165) is 5.56 Å². The maximum absolute atomic E-state index is 12.1. The second kappa shape index (κ2) is 8.77. The van der Waals surface area contributed by atoms with E-state index in [-0.39, 0.29) is 24.9 Å². The lowest BCUT2D eigenvalue weighted by Gasteiger charge is -2.13. The van der Waals surface area contributed by atoms with Crippen LogP contribution in [0.25, 0.3) is 0 Å². The number of carboxylic acids is 1. The minimum atomic E-state index is -0.897. The van der Waals surface area contributed by atoms with E-state index in [2.05, 4.69) is 16.0 Å². The number of aliphatic carboxylic acids is 1. The summed E-state index contributed by atoms with van der Waals surface area (Å²) in [7, 11) is 0. The normalized spacial score (nSPS) is 10.3. The number of carboxylic acid groups (broad SMARTS) is 1. The predicted molar refractivity (Wildman–Crippen MR) is 87.7 cm³/mol. The van der Waals surface area contributed by atoms with Gasteiger partial charge in [-0.1, -0.05) is 6.07 Å². The Labute approximate surface area is 135 Å². The van der Waals surface area contributed by atoms with Gasteiger partial charge in [-0.25, -0.2) is 4.79 Å². The molecule has 0 saturated carbocycles. The molecule has 0 aliphatic rings. The quantitative estimate of drug-likeness (QED) is 0.577. The second-order valence-corrected chi connectivity index (χ2v) is 5.54. The number of rotatable bonds is 7. The van der Waals surface area contributed by atoms with Crippen LogP contribution in [0.1, 0.15) is 42.6 Å². The van der Waals surface area contributed by atoms with E-state index >= 15 is 0 Å². The Morgan fingerprint density at radius 2 is 1.91 bits per heavy atom. The number of anilines is 1. The highest BCUT2D eigenvalue weighted by atomic mass is 16.4. The van der Waals surface area contributed by atoms with Crippen molar-refractivity contribution in [3.63, 3.8) is 0 Å². The molecule has 3 amide bonds. The first-order chi connectivity index (χ1) is 10.8. The van der Waals surface area contributed by atoms with Crippen LogP contribution in [0.4, 0.5) is 10.5 Å². The van der Waals surface area contributed by atoms with Gasteiger partial charge in [-0.3, -0.25) is 9.59 Å². The first-order valence-electron chi connectivity index (χ1n) is 7.47. The molecule has 7 heteroatoms. The van der Waals surface area contributed by atoms with Gasteiger partial charge in [0.05, 0.1) is 0 Å². The summed E-state index contributed by atoms with van der Waals surface area (Å²) < 4.78 is 0. The molecule has 126 valence electrons. The molecule has 0 heterocycles. The maximum Gasteiger partial charge on any atom is 0.319 e. The van der Waals surface area contributed by atoms with E-state index in [0.29, 0.717) is 17.7 Å². The number of aryl methyl sites for hydroxylation is 1. The molecule has 1 aromatic carbocycles. The van der Waals surface area contributed by atoms with E-state index in [1.54, 1.807) is 18.2 Å². The van der Waals surface area contributed by atoms with Crippen LogP contribution in [-0.2, 0) is 4.79 Å². The van der Waals surface area contributed by atoms with Crippen molar-refractivity contribution in [2.24, 2.45) is 0 Å². The molecule has 0 bridgehead atoms. The Balaban J connectivity index is 2.62. The van der Waals surface area contributed by atoms with Gasteiger partial charge in [0.1, 0.15) is 0 Å². The molecule has 4 N–H and O–H groups in total. The fraction of sp³-hybridized carbons (Fsp3) is 0.438. The van der Waals surface area contributed by atoms with Crippen molar-refractivity contribution in [2.75, 3.05) is 11.9 Å². The Kier molecular flexibility index (Phi) is 7.05. The van der Waals surface area contributed by atoms with Crippen LogP contribution < -0.4 is 16.0 Å². The number of carbonyl (C=O) groups excluding carboxylic acids is 2. The van der Waals surface area contributed by atoms with Gasteiger partial charge >= 0.3 is 12.0 Å². The summed E-state index contributed by atoms with van der Waals surface area (Å²) >= 11 is 0. The largest absolute Gasteiger partial charge is 0.481 e. The van der Waals surface area contributed by atoms with Crippen molar-refractivity contribution in [1.82, 2.24) is 10.6 Å². The zero-order valence-corrected chi connectivity index (χ0v) is 13.6. The highest BCUT2D eigenvalue weighted by Crippen LogP contribution is 2.15. The summed E-state index contributed by atoms with van der Waals surface area (Å²) in [5.74, 6) is -1.09. The standard InChI is InChI=1S/C16H23N3O4/c1-10(2)18-15(22)13-9-12(7-6-11(13)3)19-16(23)17-8-4-5-14(20)21/h6-7,9-10H,4-5,8H2,1-3H3,(H,18,22)(H,20,21)(H2,17,19,23). The average Bonchev–Trinajstić information content (AvgIpc) is 2.44. The molecule has 0 aliphatic heterocycles. The van der Waals surface area contributed by atoms with Gasteiger partial charge in [0.25, 0.3) is 5.91 Å². The van der Waals surface area contributed by atoms with Gasteiger partial charge in [0.15, 0.2) is 0 Å². The van der Waals surface area contributed by atoms with E-state index < -0.39 is 12.0 Å². The summed E-state index contributed by atoms with van der Waals surface area (Å²) in [6.07, 6.45) is 0.364. The topological polar surface area (TPSA) is 108 Å². The van der Waals surface area contributed by atoms with Crippen LogP contribution in [0, 0.1) is 6.92 Å². The Hall–Kier alpha value is -2.57. The third-order valence-corrected chi connectivity index (χ3v) is 3.01. The number of carbonyl (C=O) groups is 3. The molecule has 0 aromatic heterocycles. The predicted octanol–water partition coefficient (Wildman–Crippen LogP) is 2.12. The van der Waals surface area contributed by atoms with E-state index in [1.165, 1.54) is 0 Å². The van der Waals surface area contributed by atoms with E-state index in [1.807, 2.05) is 20.8 Å². The number of hydrogen-bond acceptors (Lipinski definition) is 3. The molecular formula is C16H23N3O4. The minimum Gasteiger partial charge on any atom is -0.481 e. The maximum atomic E-state index is 12.1. The zero-order chi connectivity index (χ0) is 17.4. The molecule has 1 rings (SSSR count). The molecule has 23 heavy (non-hydrogen) atoms. The molecule has 7 nitrogen and oxygen atoms in total. The van der Waals surface area contributed by atoms with Gasteiger partial charge in [-0.05, 0) is 44.9 Å². The van der Waals surface area contributed by atoms with Crippen molar-refractivity contribution in [3.8, 4) is 0 Å². The van der Waals surface area contributed by atoms with Gasteiger partial charge in [0, 0.05) is 30.3 Å². The minimum absolute atomic E-state index is 0.00430. The zero-order valence-electron chi connectivity index (χ0n) is 13.6. The van der Waals surface area contributed by atoms with Crippen molar-refractivity contribution in [1.29, 1.82) is 0 Å². The highest BCUT2D eigenvalue weighted by molar-refractivity contribution is 5.98. The van der Waals surface area contributed by atoms with Crippen molar-refractivity contribution in [2.45, 2.75) is 39.7 Å². The van der Waals surface area contributed by atoms with Gasteiger partial charge in [0.2, 0.25) is 0 Å². The van der Waals surface area contributed by atoms with Crippen molar-refractivity contribution >= 4 is 23.6 Å². The van der Waals surface area contributed by atoms with Crippen molar-refractivity contribution in [3.05, 3.63) is 29.3 Å². The van der Waals surface area contributed by atoms with Crippen LogP contribution in [0.15, 0.2) is 18.2 Å². The highest BCUT2D eigenvalue weighted by Gasteiger charge is 2.12. The number of hydrogen-bond donors (Lipinski definition) is 4. The van der Waals surface area contributed by atoms with Crippen LogP contribution in [0.2, 0.25) is 0 Å².